The highest BCUT2D eigenvalue weighted by molar-refractivity contribution is 5.72. The summed E-state index contributed by atoms with van der Waals surface area (Å²) in [7, 11) is 5.53. The van der Waals surface area contributed by atoms with E-state index in [4.69, 9.17) is 14.2 Å². The molecule has 0 amide bonds. The second kappa shape index (κ2) is 48.0. The van der Waals surface area contributed by atoms with E-state index in [1.807, 2.05) is 21.1 Å². The third-order valence-corrected chi connectivity index (χ3v) is 11.5. The van der Waals surface area contributed by atoms with Crippen molar-refractivity contribution < 1.29 is 38.2 Å². The lowest BCUT2D eigenvalue weighted by atomic mass is 10.1. The van der Waals surface area contributed by atoms with Gasteiger partial charge in [0.1, 0.15) is 6.61 Å². The summed E-state index contributed by atoms with van der Waals surface area (Å²) < 4.78 is 17.4. The number of allylic oxidation sites excluding steroid dienone is 14. The minimum absolute atomic E-state index is 0.0540. The number of ether oxygens (including phenoxy) is 3. The van der Waals surface area contributed by atoms with Crippen molar-refractivity contribution in [3.63, 3.8) is 0 Å². The van der Waals surface area contributed by atoms with Gasteiger partial charge in [0.05, 0.1) is 34.4 Å². The van der Waals surface area contributed by atoms with Crippen LogP contribution in [0.1, 0.15) is 213 Å². The lowest BCUT2D eigenvalue weighted by molar-refractivity contribution is -0.887. The Morgan fingerprint density at radius 3 is 1.18 bits per heavy atom. The van der Waals surface area contributed by atoms with Crippen LogP contribution in [0.15, 0.2) is 85.1 Å². The van der Waals surface area contributed by atoms with Gasteiger partial charge < -0.3 is 23.8 Å². The van der Waals surface area contributed by atoms with Crippen LogP contribution in [0, 0.1) is 0 Å². The molecule has 1 N–H and O–H groups in total. The number of carbonyl (C=O) groups is 3. The molecule has 0 radical (unpaired) electrons. The number of nitrogens with zero attached hydrogens (tertiary/aromatic N) is 1. The number of carboxylic acid groups (broad SMARTS) is 1. The second-order valence-corrected chi connectivity index (χ2v) is 18.7. The summed E-state index contributed by atoms with van der Waals surface area (Å²) in [5.41, 5.74) is 0. The fourth-order valence-corrected chi connectivity index (χ4v) is 7.51. The smallest absolute Gasteiger partial charge is 0.362 e. The van der Waals surface area contributed by atoms with Gasteiger partial charge in [-0.25, -0.2) is 4.79 Å². The van der Waals surface area contributed by atoms with Crippen molar-refractivity contribution in [2.75, 3.05) is 41.0 Å². The fraction of sp³-hybridized carbons (Fsp3) is 0.707. The summed E-state index contributed by atoms with van der Waals surface area (Å²) in [6.45, 7) is 4.52. The molecule has 66 heavy (non-hydrogen) atoms. The van der Waals surface area contributed by atoms with Crippen LogP contribution in [-0.2, 0) is 28.6 Å². The number of carbonyl (C=O) groups excluding carboxylic acids is 2. The summed E-state index contributed by atoms with van der Waals surface area (Å²) in [4.78, 5) is 37.2. The summed E-state index contributed by atoms with van der Waals surface area (Å²) in [5.74, 6) is -1.48. The number of hydrogen-bond donors (Lipinski definition) is 1. The lowest BCUT2D eigenvalue weighted by Crippen LogP contribution is -2.50. The molecule has 8 heteroatoms. The molecule has 0 heterocycles. The van der Waals surface area contributed by atoms with Crippen molar-refractivity contribution in [2.24, 2.45) is 0 Å². The standard InChI is InChI=1S/C58H99NO7/c1-6-8-10-12-14-16-18-20-22-24-26-28-29-31-33-35-37-39-41-43-45-47-49-57(61)66-54(52-64-51-50-55(58(62)63)59(3,4)5)53-65-56(60)48-46-44-42-40-38-36-34-32-30-27-25-23-21-19-17-15-13-11-9-7-2/h8-11,14-17,20-23,26,28,54-55H,6-7,12-13,18-19,24-25,27,29-53H2,1-5H3/p+1/b10-8+,11-9+,16-14+,17-15+,22-20+,23-21+,28-26+. The van der Waals surface area contributed by atoms with E-state index >= 15 is 0 Å². The molecule has 0 spiro atoms. The fourth-order valence-electron chi connectivity index (χ4n) is 7.51. The Morgan fingerprint density at radius 2 is 0.803 bits per heavy atom. The highest BCUT2D eigenvalue weighted by Gasteiger charge is 2.31. The third kappa shape index (κ3) is 45.7. The predicted molar refractivity (Wildman–Crippen MR) is 280 cm³/mol. The number of aliphatic carboxylic acids is 1. The Labute approximate surface area is 405 Å². The number of esters is 2. The molecule has 2 atom stereocenters. The van der Waals surface area contributed by atoms with Gasteiger partial charge in [-0.15, -0.1) is 0 Å². The van der Waals surface area contributed by atoms with Crippen LogP contribution in [0.2, 0.25) is 0 Å². The van der Waals surface area contributed by atoms with Gasteiger partial charge in [-0.3, -0.25) is 9.59 Å². The zero-order valence-electron chi connectivity index (χ0n) is 43.1. The summed E-state index contributed by atoms with van der Waals surface area (Å²) in [6.07, 6.45) is 63.4. The second-order valence-electron chi connectivity index (χ2n) is 18.7. The van der Waals surface area contributed by atoms with Gasteiger partial charge in [0.2, 0.25) is 0 Å². The van der Waals surface area contributed by atoms with E-state index < -0.39 is 18.1 Å². The van der Waals surface area contributed by atoms with E-state index in [1.165, 1.54) is 89.9 Å². The molecular weight excluding hydrogens is 823 g/mol. The summed E-state index contributed by atoms with van der Waals surface area (Å²) in [6, 6.07) is -0.621. The van der Waals surface area contributed by atoms with Crippen LogP contribution in [-0.4, -0.2) is 80.6 Å². The van der Waals surface area contributed by atoms with Crippen LogP contribution in [0.4, 0.5) is 0 Å². The van der Waals surface area contributed by atoms with E-state index in [2.05, 4.69) is 98.9 Å². The SMILES string of the molecule is CC/C=C/C/C=C/C/C=C/C/C=C/CCCCCCCCCCCC(=O)OC(COCCC(C(=O)O)[N+](C)(C)C)COC(=O)CCCCCCCCCCCC/C=C/C/C=C/C/C=C/CC. The van der Waals surface area contributed by atoms with Crippen molar-refractivity contribution in [1.29, 1.82) is 0 Å². The molecule has 0 aliphatic carbocycles. The Kier molecular flexibility index (Phi) is 45.4. The molecule has 2 unspecified atom stereocenters. The first-order valence-electron chi connectivity index (χ1n) is 26.6. The molecule has 0 saturated carbocycles. The van der Waals surface area contributed by atoms with Crippen molar-refractivity contribution >= 4 is 17.9 Å². The van der Waals surface area contributed by atoms with Crippen LogP contribution in [0.3, 0.4) is 0 Å². The maximum absolute atomic E-state index is 12.8. The van der Waals surface area contributed by atoms with E-state index in [9.17, 15) is 19.5 Å². The van der Waals surface area contributed by atoms with Crippen molar-refractivity contribution in [3.05, 3.63) is 85.1 Å². The number of likely N-dealkylation sites (N-methyl/N-ethyl adjacent to an activating group) is 1. The van der Waals surface area contributed by atoms with Gasteiger partial charge in [-0.1, -0.05) is 195 Å². The molecule has 0 aromatic carbocycles. The number of rotatable bonds is 47. The molecule has 0 saturated heterocycles. The van der Waals surface area contributed by atoms with E-state index in [1.54, 1.807) is 0 Å². The molecule has 8 nitrogen and oxygen atoms in total. The van der Waals surface area contributed by atoms with Gasteiger partial charge in [0.15, 0.2) is 12.1 Å². The average Bonchev–Trinajstić information content (AvgIpc) is 3.28. The first kappa shape index (κ1) is 62.5. The summed E-state index contributed by atoms with van der Waals surface area (Å²) in [5, 5.41) is 9.67. The quantitative estimate of drug-likeness (QED) is 0.0281. The molecule has 0 rings (SSSR count). The van der Waals surface area contributed by atoms with Crippen molar-refractivity contribution in [3.8, 4) is 0 Å². The van der Waals surface area contributed by atoms with E-state index in [-0.39, 0.29) is 36.2 Å². The van der Waals surface area contributed by atoms with Crippen LogP contribution >= 0.6 is 0 Å². The molecular formula is C58H100NO7+. The number of hydrogen-bond acceptors (Lipinski definition) is 6. The van der Waals surface area contributed by atoms with Crippen LogP contribution < -0.4 is 0 Å². The van der Waals surface area contributed by atoms with Crippen molar-refractivity contribution in [1.82, 2.24) is 0 Å². The minimum Gasteiger partial charge on any atom is -0.477 e. The molecule has 0 bridgehead atoms. The summed E-state index contributed by atoms with van der Waals surface area (Å²) >= 11 is 0. The first-order chi connectivity index (χ1) is 32.1. The number of carboxylic acids is 1. The zero-order chi connectivity index (χ0) is 48.4. The van der Waals surface area contributed by atoms with Gasteiger partial charge in [0.25, 0.3) is 0 Å². The average molecular weight is 923 g/mol. The van der Waals surface area contributed by atoms with Gasteiger partial charge in [0, 0.05) is 19.3 Å². The Balaban J connectivity index is 4.24. The van der Waals surface area contributed by atoms with Crippen LogP contribution in [0.25, 0.3) is 0 Å². The van der Waals surface area contributed by atoms with E-state index in [0.29, 0.717) is 19.3 Å². The van der Waals surface area contributed by atoms with E-state index in [0.717, 1.165) is 89.9 Å². The van der Waals surface area contributed by atoms with Crippen LogP contribution in [0.5, 0.6) is 0 Å². The maximum Gasteiger partial charge on any atom is 0.362 e. The zero-order valence-corrected chi connectivity index (χ0v) is 43.1. The highest BCUT2D eigenvalue weighted by atomic mass is 16.6. The Hall–Kier alpha value is -3.49. The molecule has 0 aromatic rings. The predicted octanol–water partition coefficient (Wildman–Crippen LogP) is 15.6. The van der Waals surface area contributed by atoms with Gasteiger partial charge in [-0.2, -0.15) is 0 Å². The van der Waals surface area contributed by atoms with Crippen molar-refractivity contribution in [2.45, 2.75) is 225 Å². The third-order valence-electron chi connectivity index (χ3n) is 11.5. The highest BCUT2D eigenvalue weighted by Crippen LogP contribution is 2.15. The lowest BCUT2D eigenvalue weighted by Gasteiger charge is -2.31. The normalized spacial score (nSPS) is 13.5. The Bertz CT molecular complexity index is 1350. The molecule has 0 aliphatic rings. The largest absolute Gasteiger partial charge is 0.477 e. The molecule has 378 valence electrons. The maximum atomic E-state index is 12.8. The Morgan fingerprint density at radius 1 is 0.455 bits per heavy atom. The number of unbranched alkanes of at least 4 members (excludes halogenated alkanes) is 19. The van der Waals surface area contributed by atoms with Gasteiger partial charge in [-0.05, 0) is 83.5 Å². The monoisotopic (exact) mass is 923 g/mol. The molecule has 0 fully saturated rings. The first-order valence-corrected chi connectivity index (χ1v) is 26.6. The minimum atomic E-state index is -0.878. The molecule has 0 aliphatic heterocycles. The van der Waals surface area contributed by atoms with Gasteiger partial charge >= 0.3 is 17.9 Å². The molecule has 0 aromatic heterocycles. The number of quaternary nitrogens is 1. The topological polar surface area (TPSA) is 99.1 Å².